The van der Waals surface area contributed by atoms with Crippen LogP contribution in [0.25, 0.3) is 0 Å². The molecule has 2 N–H and O–H groups in total. The zero-order valence-corrected chi connectivity index (χ0v) is 13.8. The normalized spacial score (nSPS) is 18.5. The molecule has 1 fully saturated rings. The largest absolute Gasteiger partial charge is 0.492 e. The monoisotopic (exact) mass is 305 g/mol. The number of nitrogens with zero attached hydrogens (tertiary/aromatic N) is 1. The Hall–Kier alpha value is -1.75. The summed E-state index contributed by atoms with van der Waals surface area (Å²) in [6, 6.07) is 8.58. The molecule has 1 atom stereocenters. The van der Waals surface area contributed by atoms with E-state index in [1.807, 2.05) is 31.2 Å². The van der Waals surface area contributed by atoms with Crippen molar-refractivity contribution in [1.82, 2.24) is 15.5 Å². The highest BCUT2D eigenvalue weighted by Crippen LogP contribution is 2.12. The van der Waals surface area contributed by atoms with Gasteiger partial charge in [-0.25, -0.2) is 4.79 Å². The molecule has 0 bridgehead atoms. The van der Waals surface area contributed by atoms with Gasteiger partial charge in [0, 0.05) is 25.2 Å². The zero-order chi connectivity index (χ0) is 15.9. The van der Waals surface area contributed by atoms with Crippen LogP contribution in [0.15, 0.2) is 24.3 Å². The molecule has 1 aromatic carbocycles. The van der Waals surface area contributed by atoms with Crippen molar-refractivity contribution in [2.45, 2.75) is 39.3 Å². The number of hydrogen-bond donors (Lipinski definition) is 2. The predicted molar refractivity (Wildman–Crippen MR) is 88.3 cm³/mol. The van der Waals surface area contributed by atoms with Gasteiger partial charge in [0.1, 0.15) is 12.4 Å². The molecule has 22 heavy (non-hydrogen) atoms. The Kier molecular flexibility index (Phi) is 6.07. The van der Waals surface area contributed by atoms with E-state index in [1.165, 1.54) is 5.56 Å². The highest BCUT2D eigenvalue weighted by Gasteiger charge is 2.25. The van der Waals surface area contributed by atoms with Crippen LogP contribution in [0.5, 0.6) is 5.75 Å². The van der Waals surface area contributed by atoms with Crippen LogP contribution in [0.1, 0.15) is 25.8 Å². The zero-order valence-electron chi connectivity index (χ0n) is 13.8. The Labute approximate surface area is 133 Å². The summed E-state index contributed by atoms with van der Waals surface area (Å²) < 4.78 is 5.60. The number of rotatable bonds is 6. The summed E-state index contributed by atoms with van der Waals surface area (Å²) in [5.74, 6) is 0.838. The second-order valence-corrected chi connectivity index (χ2v) is 6.14. The molecule has 0 radical (unpaired) electrons. The first kappa shape index (κ1) is 16.6. The van der Waals surface area contributed by atoms with Crippen molar-refractivity contribution in [3.8, 4) is 5.75 Å². The third-order valence-corrected chi connectivity index (χ3v) is 3.93. The van der Waals surface area contributed by atoms with Crippen LogP contribution in [0.4, 0.5) is 4.79 Å². The van der Waals surface area contributed by atoms with E-state index in [0.29, 0.717) is 19.2 Å². The van der Waals surface area contributed by atoms with E-state index in [2.05, 4.69) is 29.4 Å². The van der Waals surface area contributed by atoms with Crippen LogP contribution < -0.4 is 15.4 Å². The van der Waals surface area contributed by atoms with Crippen LogP contribution in [-0.2, 0) is 0 Å². The standard InChI is InChI=1S/C17H27N3O2/c1-13(2)20-9-7-15(12-20)19-17(21)18-8-10-22-16-6-4-5-14(3)11-16/h4-6,11,13,15H,7-10,12H2,1-3H3,(H2,18,19,21)/t15-/m1/s1. The van der Waals surface area contributed by atoms with E-state index >= 15 is 0 Å². The lowest BCUT2D eigenvalue weighted by Gasteiger charge is -2.20. The fraction of sp³-hybridized carbons (Fsp3) is 0.588. The molecule has 1 aliphatic heterocycles. The molecule has 2 rings (SSSR count). The van der Waals surface area contributed by atoms with E-state index in [0.717, 1.165) is 25.3 Å². The minimum atomic E-state index is -0.108. The summed E-state index contributed by atoms with van der Waals surface area (Å²) in [5, 5.41) is 5.87. The number of ether oxygens (including phenoxy) is 1. The molecular formula is C17H27N3O2. The van der Waals surface area contributed by atoms with Crippen LogP contribution in [0.3, 0.4) is 0 Å². The van der Waals surface area contributed by atoms with Crippen molar-refractivity contribution in [1.29, 1.82) is 0 Å². The topological polar surface area (TPSA) is 53.6 Å². The van der Waals surface area contributed by atoms with Crippen molar-refractivity contribution >= 4 is 6.03 Å². The molecule has 5 nitrogen and oxygen atoms in total. The van der Waals surface area contributed by atoms with Gasteiger partial charge < -0.3 is 15.4 Å². The number of nitrogens with one attached hydrogen (secondary N) is 2. The second-order valence-electron chi connectivity index (χ2n) is 6.14. The van der Waals surface area contributed by atoms with Crippen LogP contribution in [0, 0.1) is 6.92 Å². The molecule has 1 heterocycles. The van der Waals surface area contributed by atoms with Gasteiger partial charge in [-0.3, -0.25) is 4.90 Å². The summed E-state index contributed by atoms with van der Waals surface area (Å²) >= 11 is 0. The number of benzene rings is 1. The van der Waals surface area contributed by atoms with Gasteiger partial charge in [0.2, 0.25) is 0 Å². The van der Waals surface area contributed by atoms with Gasteiger partial charge >= 0.3 is 6.03 Å². The Bertz CT molecular complexity index is 491. The van der Waals surface area contributed by atoms with Crippen molar-refractivity contribution in [3.63, 3.8) is 0 Å². The number of carbonyl (C=O) groups excluding carboxylic acids is 1. The molecule has 1 aliphatic rings. The third kappa shape index (κ3) is 5.22. The van der Waals surface area contributed by atoms with Crippen LogP contribution in [-0.4, -0.2) is 49.3 Å². The Morgan fingerprint density at radius 2 is 2.27 bits per heavy atom. The highest BCUT2D eigenvalue weighted by molar-refractivity contribution is 5.74. The lowest BCUT2D eigenvalue weighted by atomic mass is 10.2. The van der Waals surface area contributed by atoms with Crippen LogP contribution >= 0.6 is 0 Å². The van der Waals surface area contributed by atoms with Crippen molar-refractivity contribution in [2.75, 3.05) is 26.2 Å². The van der Waals surface area contributed by atoms with E-state index in [-0.39, 0.29) is 12.1 Å². The Morgan fingerprint density at radius 1 is 1.45 bits per heavy atom. The minimum absolute atomic E-state index is 0.108. The molecule has 5 heteroatoms. The summed E-state index contributed by atoms with van der Waals surface area (Å²) in [7, 11) is 0. The maximum absolute atomic E-state index is 11.8. The van der Waals surface area contributed by atoms with Gasteiger partial charge in [-0.1, -0.05) is 12.1 Å². The van der Waals surface area contributed by atoms with E-state index in [9.17, 15) is 4.79 Å². The molecular weight excluding hydrogens is 278 g/mol. The van der Waals surface area contributed by atoms with E-state index in [1.54, 1.807) is 0 Å². The predicted octanol–water partition coefficient (Wildman–Crippen LogP) is 2.16. The molecule has 2 amide bonds. The Morgan fingerprint density at radius 3 is 2.95 bits per heavy atom. The Balaban J connectivity index is 1.60. The van der Waals surface area contributed by atoms with E-state index in [4.69, 9.17) is 4.74 Å². The fourth-order valence-electron chi connectivity index (χ4n) is 2.65. The molecule has 0 spiro atoms. The molecule has 0 unspecified atom stereocenters. The van der Waals surface area contributed by atoms with Gasteiger partial charge in [0.15, 0.2) is 0 Å². The second kappa shape index (κ2) is 8.03. The minimum Gasteiger partial charge on any atom is -0.492 e. The van der Waals surface area contributed by atoms with E-state index < -0.39 is 0 Å². The van der Waals surface area contributed by atoms with Crippen molar-refractivity contribution < 1.29 is 9.53 Å². The lowest BCUT2D eigenvalue weighted by molar-refractivity contribution is 0.230. The number of carbonyl (C=O) groups is 1. The number of likely N-dealkylation sites (tertiary alicyclic amines) is 1. The lowest BCUT2D eigenvalue weighted by Crippen LogP contribution is -2.44. The average molecular weight is 305 g/mol. The van der Waals surface area contributed by atoms with Crippen LogP contribution in [0.2, 0.25) is 0 Å². The SMILES string of the molecule is Cc1cccc(OCCNC(=O)N[C@@H]2CCN(C(C)C)C2)c1. The van der Waals surface area contributed by atoms with Gasteiger partial charge in [0.05, 0.1) is 6.54 Å². The van der Waals surface area contributed by atoms with Gasteiger partial charge in [-0.2, -0.15) is 0 Å². The quantitative estimate of drug-likeness (QED) is 0.792. The maximum atomic E-state index is 11.8. The highest BCUT2D eigenvalue weighted by atomic mass is 16.5. The molecule has 122 valence electrons. The first-order valence-corrected chi connectivity index (χ1v) is 8.02. The average Bonchev–Trinajstić information content (AvgIpc) is 2.92. The molecule has 0 aromatic heterocycles. The number of hydrogen-bond acceptors (Lipinski definition) is 3. The van der Waals surface area contributed by atoms with Crippen molar-refractivity contribution in [3.05, 3.63) is 29.8 Å². The summed E-state index contributed by atoms with van der Waals surface area (Å²) in [5.41, 5.74) is 1.17. The first-order valence-electron chi connectivity index (χ1n) is 8.02. The fourth-order valence-corrected chi connectivity index (χ4v) is 2.65. The summed E-state index contributed by atoms with van der Waals surface area (Å²) in [6.45, 7) is 9.36. The number of urea groups is 1. The molecule has 0 aliphatic carbocycles. The number of amides is 2. The maximum Gasteiger partial charge on any atom is 0.315 e. The first-order chi connectivity index (χ1) is 10.5. The molecule has 1 saturated heterocycles. The van der Waals surface area contributed by atoms with Gasteiger partial charge in [-0.05, 0) is 44.9 Å². The molecule has 0 saturated carbocycles. The smallest absolute Gasteiger partial charge is 0.315 e. The summed E-state index contributed by atoms with van der Waals surface area (Å²) in [4.78, 5) is 14.2. The molecule has 1 aromatic rings. The van der Waals surface area contributed by atoms with Crippen molar-refractivity contribution in [2.24, 2.45) is 0 Å². The van der Waals surface area contributed by atoms with Gasteiger partial charge in [-0.15, -0.1) is 0 Å². The third-order valence-electron chi connectivity index (χ3n) is 3.93. The summed E-state index contributed by atoms with van der Waals surface area (Å²) in [6.07, 6.45) is 1.02. The van der Waals surface area contributed by atoms with Gasteiger partial charge in [0.25, 0.3) is 0 Å². The number of aryl methyl sites for hydroxylation is 1.